The van der Waals surface area contributed by atoms with E-state index in [1.165, 1.54) is 0 Å². The van der Waals surface area contributed by atoms with Crippen LogP contribution in [-0.2, 0) is 4.57 Å². The van der Waals surface area contributed by atoms with Crippen LogP contribution in [0.5, 0.6) is 0 Å². The first-order chi connectivity index (χ1) is 3.25. The minimum atomic E-state index is -3.55. The summed E-state index contributed by atoms with van der Waals surface area (Å²) in [6.45, 7) is 0.986. The molecule has 8 heavy (non-hydrogen) atoms. The van der Waals surface area contributed by atoms with E-state index in [-0.39, 0.29) is 0 Å². The molecule has 6 heteroatoms. The lowest BCUT2D eigenvalue weighted by molar-refractivity contribution is 0.485. The first-order valence-electron chi connectivity index (χ1n) is 1.62. The van der Waals surface area contributed by atoms with E-state index in [4.69, 9.17) is 39.7 Å². The van der Waals surface area contributed by atoms with Gasteiger partial charge in [0.2, 0.25) is 7.37 Å². The van der Waals surface area contributed by atoms with Crippen molar-refractivity contribution in [1.29, 1.82) is 0 Å². The maximum Gasteiger partial charge on any atom is 0.266 e. The van der Waals surface area contributed by atoms with Gasteiger partial charge in [-0.2, -0.15) is 0 Å². The van der Waals surface area contributed by atoms with Gasteiger partial charge in [-0.15, -0.1) is 0 Å². The molecule has 0 spiro atoms. The minimum absolute atomic E-state index is 0.986. The van der Waals surface area contributed by atoms with Gasteiger partial charge in [-0.1, -0.05) is 34.8 Å². The normalized spacial score (nSPS) is 20.1. The molecular weight excluding hydrogens is 193 g/mol. The van der Waals surface area contributed by atoms with Gasteiger partial charge in [0.05, 0.1) is 0 Å². The van der Waals surface area contributed by atoms with Crippen molar-refractivity contribution in [3.05, 3.63) is 0 Å². The number of hydrogen-bond acceptors (Lipinski definition) is 1. The molecule has 0 aromatic carbocycles. The van der Waals surface area contributed by atoms with Crippen molar-refractivity contribution in [2.24, 2.45) is 0 Å². The minimum Gasteiger partial charge on any atom is -0.342 e. The second-order valence-corrected chi connectivity index (χ2v) is 6.85. The van der Waals surface area contributed by atoms with Crippen LogP contribution in [0.3, 0.4) is 0 Å². The van der Waals surface area contributed by atoms with Crippen LogP contribution in [0.1, 0.15) is 0 Å². The third kappa shape index (κ3) is 2.56. The number of rotatable bonds is 0. The van der Waals surface area contributed by atoms with Gasteiger partial charge in [0.15, 0.2) is 0 Å². The summed E-state index contributed by atoms with van der Waals surface area (Å²) < 4.78 is 8.36. The summed E-state index contributed by atoms with van der Waals surface area (Å²) in [7, 11) is -3.55. The molecule has 0 saturated heterocycles. The second-order valence-electron chi connectivity index (χ2n) is 1.35. The van der Waals surface area contributed by atoms with Crippen LogP contribution >= 0.6 is 42.2 Å². The average molecular weight is 197 g/mol. The fraction of sp³-hybridized carbons (Fsp3) is 1.00. The molecule has 1 unspecified atom stereocenters. The molecule has 0 saturated carbocycles. The lowest BCUT2D eigenvalue weighted by Gasteiger charge is -2.12. The van der Waals surface area contributed by atoms with Crippen molar-refractivity contribution in [1.82, 2.24) is 0 Å². The highest BCUT2D eigenvalue weighted by atomic mass is 35.6. The molecule has 0 aromatic rings. The zero-order chi connectivity index (χ0) is 7.00. The number of halogens is 3. The highest BCUT2D eigenvalue weighted by Gasteiger charge is 2.37. The van der Waals surface area contributed by atoms with E-state index in [0.717, 1.165) is 6.66 Å². The standard InChI is InChI=1S/C2H4Cl3O2P/c1-8(6,7)2(3,4)5/h1H3,(H,6,7). The quantitative estimate of drug-likeness (QED) is 0.477. The predicted octanol–water partition coefficient (Wildman–Crippen LogP) is 2.21. The van der Waals surface area contributed by atoms with Crippen LogP contribution in [0.15, 0.2) is 0 Å². The van der Waals surface area contributed by atoms with Gasteiger partial charge < -0.3 is 4.89 Å². The highest BCUT2D eigenvalue weighted by Crippen LogP contribution is 2.59. The molecule has 0 aliphatic rings. The molecule has 1 N–H and O–H groups in total. The summed E-state index contributed by atoms with van der Waals surface area (Å²) in [5, 5.41) is 0. The molecule has 1 atom stereocenters. The Morgan fingerprint density at radius 3 is 1.62 bits per heavy atom. The zero-order valence-corrected chi connectivity index (χ0v) is 7.10. The van der Waals surface area contributed by atoms with Gasteiger partial charge in [0.25, 0.3) is 3.53 Å². The fourth-order valence-electron chi connectivity index (χ4n) is 0. The Labute approximate surface area is 62.2 Å². The van der Waals surface area contributed by atoms with Crippen molar-refractivity contribution < 1.29 is 9.46 Å². The smallest absolute Gasteiger partial charge is 0.266 e. The van der Waals surface area contributed by atoms with E-state index in [9.17, 15) is 4.57 Å². The van der Waals surface area contributed by atoms with E-state index < -0.39 is 10.9 Å². The van der Waals surface area contributed by atoms with Gasteiger partial charge in [-0.05, 0) is 0 Å². The summed E-state index contributed by atoms with van der Waals surface area (Å²) in [4.78, 5) is 8.51. The van der Waals surface area contributed by atoms with Crippen molar-refractivity contribution >= 4 is 42.2 Å². The summed E-state index contributed by atoms with van der Waals surface area (Å²) in [6, 6.07) is 0. The molecule has 0 amide bonds. The Bertz CT molecular complexity index is 122. The SMILES string of the molecule is CP(=O)(O)C(Cl)(Cl)Cl. The van der Waals surface area contributed by atoms with E-state index in [0.29, 0.717) is 0 Å². The van der Waals surface area contributed by atoms with Crippen molar-refractivity contribution in [2.45, 2.75) is 3.53 Å². The van der Waals surface area contributed by atoms with Gasteiger partial charge in [0.1, 0.15) is 0 Å². The average Bonchev–Trinajstić information content (AvgIpc) is 1.25. The lowest BCUT2D eigenvalue weighted by atomic mass is 11.8. The van der Waals surface area contributed by atoms with Crippen LogP contribution in [-0.4, -0.2) is 15.1 Å². The molecule has 50 valence electrons. The Morgan fingerprint density at radius 1 is 1.50 bits per heavy atom. The Hall–Kier alpha value is 1.06. The molecule has 0 heterocycles. The first-order valence-corrected chi connectivity index (χ1v) is 4.86. The van der Waals surface area contributed by atoms with Crippen LogP contribution in [0.2, 0.25) is 0 Å². The van der Waals surface area contributed by atoms with Crippen molar-refractivity contribution in [3.8, 4) is 0 Å². The zero-order valence-electron chi connectivity index (χ0n) is 3.94. The van der Waals surface area contributed by atoms with Crippen LogP contribution in [0.4, 0.5) is 0 Å². The van der Waals surface area contributed by atoms with Crippen molar-refractivity contribution in [3.63, 3.8) is 0 Å². The summed E-state index contributed by atoms with van der Waals surface area (Å²) in [5.74, 6) is 0. The summed E-state index contributed by atoms with van der Waals surface area (Å²) in [5.41, 5.74) is 0. The Balaban J connectivity index is 4.26. The molecule has 2 nitrogen and oxygen atoms in total. The number of alkyl halides is 3. The second kappa shape index (κ2) is 2.36. The Kier molecular flexibility index (Phi) is 2.67. The third-order valence-corrected chi connectivity index (χ3v) is 4.23. The topological polar surface area (TPSA) is 37.3 Å². The molecule has 0 aliphatic heterocycles. The molecule has 0 bridgehead atoms. The van der Waals surface area contributed by atoms with Gasteiger partial charge in [-0.3, -0.25) is 4.57 Å². The lowest BCUT2D eigenvalue weighted by Crippen LogP contribution is -2.00. The molecule has 0 fully saturated rings. The third-order valence-electron chi connectivity index (χ3n) is 0.470. The van der Waals surface area contributed by atoms with Gasteiger partial charge in [0, 0.05) is 6.66 Å². The van der Waals surface area contributed by atoms with E-state index >= 15 is 0 Å². The van der Waals surface area contributed by atoms with Crippen LogP contribution < -0.4 is 0 Å². The molecular formula is C2H4Cl3O2P. The molecule has 0 rings (SSSR count). The summed E-state index contributed by atoms with van der Waals surface area (Å²) in [6.07, 6.45) is 0. The van der Waals surface area contributed by atoms with Gasteiger partial charge in [-0.25, -0.2) is 0 Å². The first kappa shape index (κ1) is 9.06. The fourth-order valence-corrected chi connectivity index (χ4v) is 0. The molecule has 0 aromatic heterocycles. The summed E-state index contributed by atoms with van der Waals surface area (Å²) >= 11 is 15.1. The maximum absolute atomic E-state index is 10.4. The molecule has 0 radical (unpaired) electrons. The highest BCUT2D eigenvalue weighted by molar-refractivity contribution is 7.65. The maximum atomic E-state index is 10.4. The van der Waals surface area contributed by atoms with E-state index in [2.05, 4.69) is 0 Å². The van der Waals surface area contributed by atoms with Crippen molar-refractivity contribution in [2.75, 3.05) is 6.66 Å². The van der Waals surface area contributed by atoms with E-state index in [1.54, 1.807) is 0 Å². The largest absolute Gasteiger partial charge is 0.342 e. The monoisotopic (exact) mass is 196 g/mol. The predicted molar refractivity (Wildman–Crippen MR) is 36.0 cm³/mol. The van der Waals surface area contributed by atoms with Gasteiger partial charge >= 0.3 is 0 Å². The Morgan fingerprint density at radius 2 is 1.62 bits per heavy atom. The molecule has 0 aliphatic carbocycles. The van der Waals surface area contributed by atoms with E-state index in [1.807, 2.05) is 0 Å². The van der Waals surface area contributed by atoms with Crippen LogP contribution in [0, 0.1) is 0 Å². The van der Waals surface area contributed by atoms with Crippen LogP contribution in [0.25, 0.3) is 0 Å². The number of hydrogen-bond donors (Lipinski definition) is 1.